The number of ether oxygens (including phenoxy) is 1. The van der Waals surface area contributed by atoms with Crippen molar-refractivity contribution in [2.45, 2.75) is 0 Å². The summed E-state index contributed by atoms with van der Waals surface area (Å²) in [6.45, 7) is 0. The Bertz CT molecular complexity index is 829. The van der Waals surface area contributed by atoms with Crippen LogP contribution in [0.5, 0.6) is 5.75 Å². The van der Waals surface area contributed by atoms with Crippen molar-refractivity contribution in [3.8, 4) is 28.6 Å². The van der Waals surface area contributed by atoms with Crippen LogP contribution in [-0.4, -0.2) is 22.2 Å². The molecule has 22 heavy (non-hydrogen) atoms. The van der Waals surface area contributed by atoms with Gasteiger partial charge in [-0.1, -0.05) is 29.4 Å². The first-order valence-electron chi connectivity index (χ1n) is 6.41. The summed E-state index contributed by atoms with van der Waals surface area (Å²) in [6, 6.07) is 13.3. The van der Waals surface area contributed by atoms with Gasteiger partial charge in [-0.3, -0.25) is 10.1 Å². The normalized spacial score (nSPS) is 10.4. The van der Waals surface area contributed by atoms with Crippen molar-refractivity contribution >= 4 is 5.69 Å². The molecule has 3 rings (SSSR count). The van der Waals surface area contributed by atoms with Gasteiger partial charge in [-0.2, -0.15) is 4.98 Å². The molecule has 0 saturated carbocycles. The van der Waals surface area contributed by atoms with Gasteiger partial charge in [-0.05, 0) is 12.1 Å². The van der Waals surface area contributed by atoms with Gasteiger partial charge in [0, 0.05) is 17.7 Å². The summed E-state index contributed by atoms with van der Waals surface area (Å²) >= 11 is 0. The summed E-state index contributed by atoms with van der Waals surface area (Å²) < 4.78 is 10.5. The molecule has 2 aromatic carbocycles. The largest absolute Gasteiger partial charge is 0.496 e. The van der Waals surface area contributed by atoms with Crippen LogP contribution in [0.15, 0.2) is 53.1 Å². The molecule has 0 aliphatic heterocycles. The first-order valence-corrected chi connectivity index (χ1v) is 6.41. The Labute approximate surface area is 125 Å². The fourth-order valence-corrected chi connectivity index (χ4v) is 2.03. The molecule has 3 aromatic rings. The molecule has 0 aliphatic carbocycles. The van der Waals surface area contributed by atoms with Crippen LogP contribution in [-0.2, 0) is 0 Å². The Kier molecular flexibility index (Phi) is 3.53. The minimum Gasteiger partial charge on any atom is -0.496 e. The van der Waals surface area contributed by atoms with Crippen molar-refractivity contribution in [2.24, 2.45) is 0 Å². The molecule has 110 valence electrons. The molecular weight excluding hydrogens is 286 g/mol. The lowest BCUT2D eigenvalue weighted by Crippen LogP contribution is -1.89. The number of aromatic nitrogens is 2. The monoisotopic (exact) mass is 297 g/mol. The number of nitrogens with zero attached hydrogens (tertiary/aromatic N) is 3. The van der Waals surface area contributed by atoms with Gasteiger partial charge in [-0.25, -0.2) is 0 Å². The lowest BCUT2D eigenvalue weighted by Gasteiger charge is -2.02. The van der Waals surface area contributed by atoms with Gasteiger partial charge in [0.25, 0.3) is 11.6 Å². The molecule has 0 saturated heterocycles. The summed E-state index contributed by atoms with van der Waals surface area (Å²) in [6.07, 6.45) is 0. The highest BCUT2D eigenvalue weighted by Crippen LogP contribution is 2.30. The van der Waals surface area contributed by atoms with Crippen molar-refractivity contribution in [3.05, 3.63) is 58.6 Å². The second-order valence-electron chi connectivity index (χ2n) is 4.43. The molecule has 7 heteroatoms. The van der Waals surface area contributed by atoms with Crippen LogP contribution in [0.3, 0.4) is 0 Å². The van der Waals surface area contributed by atoms with Gasteiger partial charge >= 0.3 is 0 Å². The number of rotatable bonds is 4. The molecule has 0 unspecified atom stereocenters. The Morgan fingerprint density at radius 2 is 2.00 bits per heavy atom. The number of hydrogen-bond acceptors (Lipinski definition) is 6. The van der Waals surface area contributed by atoms with E-state index in [0.717, 1.165) is 0 Å². The van der Waals surface area contributed by atoms with Gasteiger partial charge in [0.15, 0.2) is 0 Å². The number of non-ortho nitro benzene ring substituents is 1. The lowest BCUT2D eigenvalue weighted by molar-refractivity contribution is -0.384. The quantitative estimate of drug-likeness (QED) is 0.542. The molecule has 0 radical (unpaired) electrons. The smallest absolute Gasteiger partial charge is 0.270 e. The number of benzene rings is 2. The predicted molar refractivity (Wildman–Crippen MR) is 78.4 cm³/mol. The van der Waals surface area contributed by atoms with Crippen molar-refractivity contribution < 1.29 is 14.2 Å². The first-order chi connectivity index (χ1) is 10.7. The van der Waals surface area contributed by atoms with E-state index < -0.39 is 4.92 Å². The molecule has 0 fully saturated rings. The zero-order valence-corrected chi connectivity index (χ0v) is 11.6. The molecule has 1 heterocycles. The highest BCUT2D eigenvalue weighted by Gasteiger charge is 2.16. The van der Waals surface area contributed by atoms with E-state index in [2.05, 4.69) is 10.1 Å². The summed E-state index contributed by atoms with van der Waals surface area (Å²) in [5.74, 6) is 1.18. The maximum absolute atomic E-state index is 10.8. The Morgan fingerprint density at radius 1 is 1.18 bits per heavy atom. The Morgan fingerprint density at radius 3 is 2.77 bits per heavy atom. The average molecular weight is 297 g/mol. The number of para-hydroxylation sites is 1. The second kappa shape index (κ2) is 5.65. The van der Waals surface area contributed by atoms with E-state index in [0.29, 0.717) is 22.8 Å². The van der Waals surface area contributed by atoms with E-state index >= 15 is 0 Å². The summed E-state index contributed by atoms with van der Waals surface area (Å²) in [7, 11) is 1.55. The number of hydrogen-bond donors (Lipinski definition) is 0. The third-order valence-corrected chi connectivity index (χ3v) is 3.08. The first kappa shape index (κ1) is 13.7. The van der Waals surface area contributed by atoms with Crippen LogP contribution in [0.2, 0.25) is 0 Å². The van der Waals surface area contributed by atoms with E-state index in [9.17, 15) is 10.1 Å². The lowest BCUT2D eigenvalue weighted by atomic mass is 10.2. The van der Waals surface area contributed by atoms with Gasteiger partial charge in [0.2, 0.25) is 5.82 Å². The van der Waals surface area contributed by atoms with Crippen LogP contribution in [0.1, 0.15) is 0 Å². The third kappa shape index (κ3) is 2.51. The third-order valence-electron chi connectivity index (χ3n) is 3.08. The molecule has 0 aliphatic rings. The molecule has 0 bridgehead atoms. The molecular formula is C15H11N3O4. The summed E-state index contributed by atoms with van der Waals surface area (Å²) in [4.78, 5) is 14.6. The topological polar surface area (TPSA) is 91.3 Å². The maximum atomic E-state index is 10.8. The number of nitro groups is 1. The Hall–Kier alpha value is -3.22. The van der Waals surface area contributed by atoms with Crippen LogP contribution in [0, 0.1) is 10.1 Å². The second-order valence-corrected chi connectivity index (χ2v) is 4.43. The van der Waals surface area contributed by atoms with E-state index in [1.165, 1.54) is 12.1 Å². The highest BCUT2D eigenvalue weighted by molar-refractivity contribution is 5.66. The fourth-order valence-electron chi connectivity index (χ4n) is 2.03. The summed E-state index contributed by atoms with van der Waals surface area (Å²) in [5, 5.41) is 14.7. The predicted octanol–water partition coefficient (Wildman–Crippen LogP) is 3.32. The maximum Gasteiger partial charge on any atom is 0.270 e. The van der Waals surface area contributed by atoms with E-state index in [1.807, 2.05) is 12.1 Å². The molecule has 7 nitrogen and oxygen atoms in total. The zero-order chi connectivity index (χ0) is 15.5. The van der Waals surface area contributed by atoms with E-state index in [4.69, 9.17) is 9.26 Å². The van der Waals surface area contributed by atoms with Gasteiger partial charge in [0.05, 0.1) is 17.6 Å². The van der Waals surface area contributed by atoms with Gasteiger partial charge < -0.3 is 9.26 Å². The minimum absolute atomic E-state index is 0.0267. The molecule has 0 N–H and O–H groups in total. The minimum atomic E-state index is -0.468. The fraction of sp³-hybridized carbons (Fsp3) is 0.0667. The SMILES string of the molecule is COc1ccccc1-c1nc(-c2cccc([N+](=O)[O-])c2)no1. The van der Waals surface area contributed by atoms with E-state index in [1.54, 1.807) is 31.4 Å². The highest BCUT2D eigenvalue weighted by atomic mass is 16.6. The molecule has 0 amide bonds. The van der Waals surface area contributed by atoms with Crippen molar-refractivity contribution in [3.63, 3.8) is 0 Å². The molecule has 0 atom stereocenters. The van der Waals surface area contributed by atoms with Crippen LogP contribution < -0.4 is 4.74 Å². The van der Waals surface area contributed by atoms with Crippen LogP contribution in [0.25, 0.3) is 22.8 Å². The summed E-state index contributed by atoms with van der Waals surface area (Å²) in [5.41, 5.74) is 1.15. The molecule has 0 spiro atoms. The number of nitro benzene ring substituents is 1. The zero-order valence-electron chi connectivity index (χ0n) is 11.6. The van der Waals surface area contributed by atoms with Crippen molar-refractivity contribution in [2.75, 3.05) is 7.11 Å². The number of methoxy groups -OCH3 is 1. The van der Waals surface area contributed by atoms with Crippen LogP contribution in [0.4, 0.5) is 5.69 Å². The van der Waals surface area contributed by atoms with Gasteiger partial charge in [0.1, 0.15) is 5.75 Å². The Balaban J connectivity index is 2.01. The van der Waals surface area contributed by atoms with Crippen molar-refractivity contribution in [1.29, 1.82) is 0 Å². The van der Waals surface area contributed by atoms with Crippen molar-refractivity contribution in [1.82, 2.24) is 10.1 Å². The van der Waals surface area contributed by atoms with E-state index in [-0.39, 0.29) is 11.5 Å². The molecule has 1 aromatic heterocycles. The van der Waals surface area contributed by atoms with Crippen LogP contribution >= 0.6 is 0 Å². The average Bonchev–Trinajstić information content (AvgIpc) is 3.04. The van der Waals surface area contributed by atoms with Gasteiger partial charge in [-0.15, -0.1) is 0 Å². The standard InChI is InChI=1S/C15H11N3O4/c1-21-13-8-3-2-7-12(13)15-16-14(17-22-15)10-5-4-6-11(9-10)18(19)20/h2-9H,1H3.